The van der Waals surface area contributed by atoms with Crippen molar-refractivity contribution in [1.82, 2.24) is 20.1 Å². The Labute approximate surface area is 212 Å². The SMILES string of the molecule is C=CCn1c(CNC(=O)/C=C/c2ccccc2Cl)nnc1SCC(=O)Nc1ccc(Cl)cc1C. The fourth-order valence-electron chi connectivity index (χ4n) is 2.95. The number of aryl methyl sites for hydroxylation is 1. The van der Waals surface area contributed by atoms with E-state index in [1.165, 1.54) is 17.8 Å². The van der Waals surface area contributed by atoms with Gasteiger partial charge in [-0.1, -0.05) is 59.2 Å². The lowest BCUT2D eigenvalue weighted by Crippen LogP contribution is -2.23. The Bertz CT molecular complexity index is 1230. The molecule has 7 nitrogen and oxygen atoms in total. The Morgan fingerprint density at radius 2 is 1.97 bits per heavy atom. The summed E-state index contributed by atoms with van der Waals surface area (Å²) >= 11 is 13.3. The smallest absolute Gasteiger partial charge is 0.244 e. The predicted molar refractivity (Wildman–Crippen MR) is 138 cm³/mol. The minimum atomic E-state index is -0.292. The van der Waals surface area contributed by atoms with Gasteiger partial charge in [-0.15, -0.1) is 16.8 Å². The fraction of sp³-hybridized carbons (Fsp3) is 0.167. The number of amides is 2. The number of aromatic nitrogens is 3. The topological polar surface area (TPSA) is 88.9 Å². The van der Waals surface area contributed by atoms with E-state index in [2.05, 4.69) is 27.4 Å². The number of nitrogens with zero attached hydrogens (tertiary/aromatic N) is 3. The van der Waals surface area contributed by atoms with Gasteiger partial charge in [0.25, 0.3) is 0 Å². The van der Waals surface area contributed by atoms with Crippen molar-refractivity contribution in [1.29, 1.82) is 0 Å². The molecule has 1 aromatic heterocycles. The van der Waals surface area contributed by atoms with Crippen LogP contribution in [0.1, 0.15) is 17.0 Å². The van der Waals surface area contributed by atoms with Crippen LogP contribution >= 0.6 is 35.0 Å². The summed E-state index contributed by atoms with van der Waals surface area (Å²) in [6.45, 7) is 6.25. The molecule has 1 heterocycles. The second-order valence-corrected chi connectivity index (χ2v) is 8.95. The minimum Gasteiger partial charge on any atom is -0.345 e. The van der Waals surface area contributed by atoms with E-state index in [0.29, 0.717) is 33.3 Å². The van der Waals surface area contributed by atoms with E-state index in [9.17, 15) is 9.59 Å². The second-order valence-electron chi connectivity index (χ2n) is 7.17. The molecule has 2 N–H and O–H groups in total. The zero-order chi connectivity index (χ0) is 24.5. The number of carbonyl (C=O) groups is 2. The summed E-state index contributed by atoms with van der Waals surface area (Å²) in [5.41, 5.74) is 2.33. The number of rotatable bonds is 10. The lowest BCUT2D eigenvalue weighted by molar-refractivity contribution is -0.116. The van der Waals surface area contributed by atoms with Crippen molar-refractivity contribution in [3.05, 3.63) is 88.2 Å². The van der Waals surface area contributed by atoms with Crippen LogP contribution in [-0.4, -0.2) is 32.3 Å². The number of nitrogens with one attached hydrogen (secondary N) is 2. The molecule has 0 bridgehead atoms. The Balaban J connectivity index is 1.58. The number of allylic oxidation sites excluding steroid dienone is 1. The maximum absolute atomic E-state index is 12.4. The van der Waals surface area contributed by atoms with Gasteiger partial charge < -0.3 is 15.2 Å². The molecule has 0 spiro atoms. The van der Waals surface area contributed by atoms with Crippen molar-refractivity contribution in [2.75, 3.05) is 11.1 Å². The summed E-state index contributed by atoms with van der Waals surface area (Å²) < 4.78 is 1.80. The average molecular weight is 516 g/mol. The summed E-state index contributed by atoms with van der Waals surface area (Å²) in [7, 11) is 0. The Morgan fingerprint density at radius 1 is 1.18 bits per heavy atom. The average Bonchev–Trinajstić information content (AvgIpc) is 3.19. The van der Waals surface area contributed by atoms with Crippen LogP contribution in [0.2, 0.25) is 10.0 Å². The summed E-state index contributed by atoms with van der Waals surface area (Å²) in [4.78, 5) is 24.6. The quantitative estimate of drug-likeness (QED) is 0.221. The first-order valence-electron chi connectivity index (χ1n) is 10.3. The maximum Gasteiger partial charge on any atom is 0.244 e. The van der Waals surface area contributed by atoms with Crippen molar-refractivity contribution in [2.45, 2.75) is 25.2 Å². The third kappa shape index (κ3) is 7.21. The molecule has 10 heteroatoms. The lowest BCUT2D eigenvalue weighted by Gasteiger charge is -2.10. The lowest BCUT2D eigenvalue weighted by atomic mass is 10.2. The molecule has 3 aromatic rings. The van der Waals surface area contributed by atoms with Crippen LogP contribution < -0.4 is 10.6 Å². The van der Waals surface area contributed by atoms with Crippen molar-refractivity contribution >= 4 is 58.5 Å². The molecule has 0 radical (unpaired) electrons. The standard InChI is InChI=1S/C24H23Cl2N5O2S/c1-3-12-31-21(14-27-22(32)11-8-17-6-4-5-7-19(17)26)29-30-24(31)34-15-23(33)28-20-10-9-18(25)13-16(20)2/h3-11,13H,1,12,14-15H2,2H3,(H,27,32)(H,28,33)/b11-8+. The highest BCUT2D eigenvalue weighted by atomic mass is 35.5. The minimum absolute atomic E-state index is 0.143. The highest BCUT2D eigenvalue weighted by Gasteiger charge is 2.14. The van der Waals surface area contributed by atoms with Crippen LogP contribution in [0.15, 0.2) is 66.4 Å². The Morgan fingerprint density at radius 3 is 2.71 bits per heavy atom. The van der Waals surface area contributed by atoms with Gasteiger partial charge in [0.15, 0.2) is 11.0 Å². The zero-order valence-corrected chi connectivity index (χ0v) is 20.8. The van der Waals surface area contributed by atoms with Crippen LogP contribution in [0.4, 0.5) is 5.69 Å². The van der Waals surface area contributed by atoms with Gasteiger partial charge in [-0.2, -0.15) is 0 Å². The first kappa shape index (κ1) is 25.6. The molecule has 2 amide bonds. The molecular weight excluding hydrogens is 493 g/mol. The van der Waals surface area contributed by atoms with Crippen LogP contribution in [0.3, 0.4) is 0 Å². The highest BCUT2D eigenvalue weighted by molar-refractivity contribution is 7.99. The number of thioether (sulfide) groups is 1. The van der Waals surface area contributed by atoms with Gasteiger partial charge in [0.05, 0.1) is 12.3 Å². The van der Waals surface area contributed by atoms with Crippen LogP contribution in [0.5, 0.6) is 0 Å². The van der Waals surface area contributed by atoms with E-state index in [-0.39, 0.29) is 24.1 Å². The molecule has 0 atom stereocenters. The van der Waals surface area contributed by atoms with Crippen LogP contribution in [0, 0.1) is 6.92 Å². The van der Waals surface area contributed by atoms with Gasteiger partial charge in [0.2, 0.25) is 11.8 Å². The van der Waals surface area contributed by atoms with Crippen molar-refractivity contribution in [2.24, 2.45) is 0 Å². The summed E-state index contributed by atoms with van der Waals surface area (Å²) in [5, 5.41) is 15.7. The third-order valence-electron chi connectivity index (χ3n) is 4.64. The summed E-state index contributed by atoms with van der Waals surface area (Å²) in [6.07, 6.45) is 4.76. The van der Waals surface area contributed by atoms with Gasteiger partial charge in [0, 0.05) is 28.4 Å². The monoisotopic (exact) mass is 515 g/mol. The van der Waals surface area contributed by atoms with Crippen LogP contribution in [0.25, 0.3) is 6.08 Å². The largest absolute Gasteiger partial charge is 0.345 e. The predicted octanol–water partition coefficient (Wildman–Crippen LogP) is 5.14. The number of hydrogen-bond donors (Lipinski definition) is 2. The highest BCUT2D eigenvalue weighted by Crippen LogP contribution is 2.21. The zero-order valence-electron chi connectivity index (χ0n) is 18.4. The normalized spacial score (nSPS) is 10.9. The fourth-order valence-corrected chi connectivity index (χ4v) is 4.15. The molecule has 0 aliphatic heterocycles. The number of anilines is 1. The number of hydrogen-bond acceptors (Lipinski definition) is 5. The van der Waals surface area contributed by atoms with E-state index >= 15 is 0 Å². The Kier molecular flexibility index (Phi) is 9.33. The number of benzene rings is 2. The van der Waals surface area contributed by atoms with Gasteiger partial charge in [0.1, 0.15) is 0 Å². The first-order valence-corrected chi connectivity index (χ1v) is 12.0. The summed E-state index contributed by atoms with van der Waals surface area (Å²) in [6, 6.07) is 12.5. The van der Waals surface area contributed by atoms with Crippen molar-refractivity contribution < 1.29 is 9.59 Å². The van der Waals surface area contributed by atoms with E-state index in [4.69, 9.17) is 23.2 Å². The van der Waals surface area contributed by atoms with E-state index < -0.39 is 0 Å². The molecule has 0 saturated carbocycles. The van der Waals surface area contributed by atoms with E-state index in [1.54, 1.807) is 41.0 Å². The van der Waals surface area contributed by atoms with Gasteiger partial charge >= 0.3 is 0 Å². The molecule has 34 heavy (non-hydrogen) atoms. The first-order chi connectivity index (χ1) is 16.4. The molecule has 0 unspecified atom stereocenters. The molecule has 0 aliphatic rings. The number of halogens is 2. The molecule has 3 rings (SSSR count). The maximum atomic E-state index is 12.4. The second kappa shape index (κ2) is 12.4. The molecular formula is C24H23Cl2N5O2S. The molecule has 0 saturated heterocycles. The third-order valence-corrected chi connectivity index (χ3v) is 6.19. The Hall–Kier alpha value is -3.07. The van der Waals surface area contributed by atoms with Gasteiger partial charge in [-0.25, -0.2) is 0 Å². The van der Waals surface area contributed by atoms with Crippen molar-refractivity contribution in [3.63, 3.8) is 0 Å². The molecule has 176 valence electrons. The van der Waals surface area contributed by atoms with E-state index in [1.807, 2.05) is 25.1 Å². The van der Waals surface area contributed by atoms with Gasteiger partial charge in [-0.3, -0.25) is 9.59 Å². The van der Waals surface area contributed by atoms with Gasteiger partial charge in [-0.05, 0) is 48.4 Å². The number of carbonyl (C=O) groups excluding carboxylic acids is 2. The van der Waals surface area contributed by atoms with Crippen LogP contribution in [-0.2, 0) is 22.7 Å². The molecule has 0 aliphatic carbocycles. The molecule has 0 fully saturated rings. The molecule has 2 aromatic carbocycles. The summed E-state index contributed by atoms with van der Waals surface area (Å²) in [5.74, 6) is 0.226. The van der Waals surface area contributed by atoms with E-state index in [0.717, 1.165) is 11.1 Å². The van der Waals surface area contributed by atoms with Crippen molar-refractivity contribution in [3.8, 4) is 0 Å².